The van der Waals surface area contributed by atoms with Gasteiger partial charge in [0.15, 0.2) is 6.29 Å². The summed E-state index contributed by atoms with van der Waals surface area (Å²) in [5.41, 5.74) is -0.725. The van der Waals surface area contributed by atoms with Crippen molar-refractivity contribution in [2.45, 2.75) is 36.6 Å². The molecule has 100 valence electrons. The van der Waals surface area contributed by atoms with E-state index in [-0.39, 0.29) is 10.5 Å². The van der Waals surface area contributed by atoms with Gasteiger partial charge in [0.25, 0.3) is 0 Å². The van der Waals surface area contributed by atoms with Gasteiger partial charge < -0.3 is 0 Å². The minimum atomic E-state index is -4.47. The van der Waals surface area contributed by atoms with E-state index in [9.17, 15) is 18.0 Å². The predicted molar refractivity (Wildman–Crippen MR) is 70.1 cm³/mol. The summed E-state index contributed by atoms with van der Waals surface area (Å²) in [5, 5.41) is 0. The van der Waals surface area contributed by atoms with Gasteiger partial charge in [-0.2, -0.15) is 13.2 Å². The highest BCUT2D eigenvalue weighted by Crippen LogP contribution is 2.44. The van der Waals surface area contributed by atoms with Gasteiger partial charge in [0.2, 0.25) is 0 Å². The summed E-state index contributed by atoms with van der Waals surface area (Å²) in [6, 6.07) is 2.24. The Balaban J connectivity index is 3.50. The highest BCUT2D eigenvalue weighted by atomic mass is 79.9. The van der Waals surface area contributed by atoms with Crippen molar-refractivity contribution in [3.05, 3.63) is 27.7 Å². The van der Waals surface area contributed by atoms with E-state index < -0.39 is 16.5 Å². The first-order valence-electron chi connectivity index (χ1n) is 5.10. The largest absolute Gasteiger partial charge is 0.417 e. The smallest absolute Gasteiger partial charge is 0.298 e. The highest BCUT2D eigenvalue weighted by Gasteiger charge is 2.36. The molecule has 1 aromatic carbocycles. The average Bonchev–Trinajstić information content (AvgIpc) is 2.13. The Morgan fingerprint density at radius 2 is 1.78 bits per heavy atom. The van der Waals surface area contributed by atoms with Crippen LogP contribution < -0.4 is 0 Å². The lowest BCUT2D eigenvalue weighted by molar-refractivity contribution is -0.139. The summed E-state index contributed by atoms with van der Waals surface area (Å²) >= 11 is 4.14. The molecule has 1 aromatic rings. The van der Waals surface area contributed by atoms with Crippen LogP contribution >= 0.6 is 27.7 Å². The van der Waals surface area contributed by atoms with Crippen LogP contribution in [0, 0.1) is 0 Å². The van der Waals surface area contributed by atoms with E-state index in [1.807, 2.05) is 0 Å². The molecule has 18 heavy (non-hydrogen) atoms. The molecular formula is C12H12BrF3OS. The molecule has 0 aliphatic rings. The predicted octanol–water partition coefficient (Wildman–Crippen LogP) is 5.17. The van der Waals surface area contributed by atoms with Gasteiger partial charge in [-0.1, -0.05) is 36.7 Å². The van der Waals surface area contributed by atoms with Gasteiger partial charge in [-0.25, -0.2) is 0 Å². The van der Waals surface area contributed by atoms with Gasteiger partial charge >= 0.3 is 6.18 Å². The zero-order chi connectivity index (χ0) is 14.1. The van der Waals surface area contributed by atoms with Crippen LogP contribution in [-0.2, 0) is 6.18 Å². The maximum absolute atomic E-state index is 12.9. The average molecular weight is 341 g/mol. The molecule has 0 aliphatic carbocycles. The summed E-state index contributed by atoms with van der Waals surface area (Å²) in [4.78, 5) is 11.0. The molecule has 0 unspecified atom stereocenters. The van der Waals surface area contributed by atoms with Crippen molar-refractivity contribution in [1.29, 1.82) is 0 Å². The van der Waals surface area contributed by atoms with E-state index in [0.717, 1.165) is 17.8 Å². The van der Waals surface area contributed by atoms with Gasteiger partial charge in [0.1, 0.15) is 0 Å². The molecule has 0 atom stereocenters. The summed E-state index contributed by atoms with van der Waals surface area (Å²) in [7, 11) is 0. The van der Waals surface area contributed by atoms with Crippen molar-refractivity contribution in [3.63, 3.8) is 0 Å². The Labute approximate surface area is 116 Å². The second-order valence-electron chi connectivity index (χ2n) is 4.67. The molecule has 1 rings (SSSR count). The molecule has 0 N–H and O–H groups in total. The Morgan fingerprint density at radius 1 is 1.22 bits per heavy atom. The Hall–Kier alpha value is -0.490. The molecule has 0 aliphatic heterocycles. The molecular weight excluding hydrogens is 329 g/mol. The summed E-state index contributed by atoms with van der Waals surface area (Å²) < 4.78 is 38.7. The molecule has 0 bridgehead atoms. The van der Waals surface area contributed by atoms with Crippen molar-refractivity contribution in [2.75, 3.05) is 0 Å². The second-order valence-corrected chi connectivity index (χ2v) is 7.36. The zero-order valence-electron chi connectivity index (χ0n) is 10.1. The lowest BCUT2D eigenvalue weighted by Gasteiger charge is -2.22. The molecule has 1 nitrogen and oxygen atoms in total. The number of carbonyl (C=O) groups is 1. The molecule has 0 spiro atoms. The van der Waals surface area contributed by atoms with Crippen molar-refractivity contribution >= 4 is 34.0 Å². The van der Waals surface area contributed by atoms with Crippen LogP contribution in [0.4, 0.5) is 13.2 Å². The van der Waals surface area contributed by atoms with E-state index in [0.29, 0.717) is 10.8 Å². The van der Waals surface area contributed by atoms with E-state index in [1.165, 1.54) is 6.07 Å². The Morgan fingerprint density at radius 3 is 2.17 bits per heavy atom. The zero-order valence-corrected chi connectivity index (χ0v) is 12.5. The van der Waals surface area contributed by atoms with Crippen LogP contribution in [0.15, 0.2) is 21.5 Å². The molecule has 0 amide bonds. The Bertz CT molecular complexity index is 464. The SMILES string of the molecule is CC(C)(C)Sc1c(C(F)(F)F)ccc(Br)c1C=O. The first-order chi connectivity index (χ1) is 8.06. The third kappa shape index (κ3) is 3.75. The van der Waals surface area contributed by atoms with Gasteiger partial charge in [0, 0.05) is 19.7 Å². The monoisotopic (exact) mass is 340 g/mol. The number of aldehydes is 1. The summed E-state index contributed by atoms with van der Waals surface area (Å²) in [6.45, 7) is 5.40. The molecule has 0 saturated heterocycles. The van der Waals surface area contributed by atoms with Gasteiger partial charge in [-0.05, 0) is 12.1 Å². The molecule has 0 saturated carbocycles. The number of rotatable bonds is 2. The fourth-order valence-corrected chi connectivity index (χ4v) is 3.05. The van der Waals surface area contributed by atoms with E-state index in [2.05, 4.69) is 15.9 Å². The summed E-state index contributed by atoms with van der Waals surface area (Å²) in [5.74, 6) is 0. The van der Waals surface area contributed by atoms with Crippen molar-refractivity contribution in [2.24, 2.45) is 0 Å². The number of thioether (sulfide) groups is 1. The van der Waals surface area contributed by atoms with Crippen LogP contribution in [0.2, 0.25) is 0 Å². The standard InChI is InChI=1S/C12H12BrF3OS/c1-11(2,3)18-10-7(6-17)9(13)5-4-8(10)12(14,15)16/h4-6H,1-3H3. The lowest BCUT2D eigenvalue weighted by atomic mass is 10.1. The van der Waals surface area contributed by atoms with Crippen LogP contribution in [0.5, 0.6) is 0 Å². The van der Waals surface area contributed by atoms with E-state index in [4.69, 9.17) is 0 Å². The quantitative estimate of drug-likeness (QED) is 0.545. The van der Waals surface area contributed by atoms with E-state index >= 15 is 0 Å². The fourth-order valence-electron chi connectivity index (χ4n) is 1.32. The van der Waals surface area contributed by atoms with Crippen molar-refractivity contribution < 1.29 is 18.0 Å². The first kappa shape index (κ1) is 15.6. The first-order valence-corrected chi connectivity index (χ1v) is 6.71. The fraction of sp³-hybridized carbons (Fsp3) is 0.417. The molecule has 0 heterocycles. The maximum Gasteiger partial charge on any atom is 0.417 e. The third-order valence-electron chi connectivity index (χ3n) is 1.97. The minimum absolute atomic E-state index is 0.0284. The van der Waals surface area contributed by atoms with Crippen LogP contribution in [0.25, 0.3) is 0 Å². The van der Waals surface area contributed by atoms with Crippen molar-refractivity contribution in [1.82, 2.24) is 0 Å². The number of benzene rings is 1. The molecule has 0 fully saturated rings. The number of alkyl halides is 3. The number of hydrogen-bond donors (Lipinski definition) is 0. The second kappa shape index (κ2) is 5.25. The van der Waals surface area contributed by atoms with Gasteiger partial charge in [-0.3, -0.25) is 4.79 Å². The van der Waals surface area contributed by atoms with E-state index in [1.54, 1.807) is 20.8 Å². The van der Waals surface area contributed by atoms with Gasteiger partial charge in [-0.15, -0.1) is 11.8 Å². The number of hydrogen-bond acceptors (Lipinski definition) is 2. The molecule has 6 heteroatoms. The molecule has 0 radical (unpaired) electrons. The van der Waals surface area contributed by atoms with Crippen LogP contribution in [0.1, 0.15) is 36.7 Å². The third-order valence-corrected chi connectivity index (χ3v) is 3.92. The maximum atomic E-state index is 12.9. The van der Waals surface area contributed by atoms with Crippen LogP contribution in [-0.4, -0.2) is 11.0 Å². The number of halogens is 4. The van der Waals surface area contributed by atoms with Crippen LogP contribution in [0.3, 0.4) is 0 Å². The Kier molecular flexibility index (Phi) is 4.54. The highest BCUT2D eigenvalue weighted by molar-refractivity contribution is 9.10. The molecule has 0 aromatic heterocycles. The number of carbonyl (C=O) groups excluding carboxylic acids is 1. The lowest BCUT2D eigenvalue weighted by Crippen LogP contribution is -2.14. The summed E-state index contributed by atoms with van der Waals surface area (Å²) in [6.07, 6.45) is -4.01. The topological polar surface area (TPSA) is 17.1 Å². The van der Waals surface area contributed by atoms with Crippen molar-refractivity contribution in [3.8, 4) is 0 Å². The normalized spacial score (nSPS) is 12.6. The van der Waals surface area contributed by atoms with Gasteiger partial charge in [0.05, 0.1) is 5.56 Å². The minimum Gasteiger partial charge on any atom is -0.298 e.